The second-order valence-electron chi connectivity index (χ2n) is 0.992. The summed E-state index contributed by atoms with van der Waals surface area (Å²) >= 11 is 0. The summed E-state index contributed by atoms with van der Waals surface area (Å²) in [5.41, 5.74) is 0. The summed E-state index contributed by atoms with van der Waals surface area (Å²) in [7, 11) is -10.0. The minimum atomic E-state index is -5.02. The molecule has 0 saturated heterocycles. The Bertz CT molecular complexity index is 253. The van der Waals surface area contributed by atoms with Crippen molar-refractivity contribution in [2.75, 3.05) is 0 Å². The molecule has 0 aromatic rings. The fourth-order valence-electron chi connectivity index (χ4n) is 0.0702. The van der Waals surface area contributed by atoms with Gasteiger partial charge in [-0.15, -0.1) is 24.0 Å². The zero-order chi connectivity index (χ0) is 8.41. The van der Waals surface area contributed by atoms with Crippen molar-refractivity contribution in [1.82, 2.24) is 0 Å². The van der Waals surface area contributed by atoms with Crippen LogP contribution in [0.1, 0.15) is 0 Å². The Morgan fingerprint density at radius 1 is 0.833 bits per heavy atom. The van der Waals surface area contributed by atoms with Crippen LogP contribution in [0.3, 0.4) is 0 Å². The van der Waals surface area contributed by atoms with Crippen molar-refractivity contribution < 1.29 is 34.6 Å². The van der Waals surface area contributed by atoms with Gasteiger partial charge in [-0.05, 0) is 0 Å². The van der Waals surface area contributed by atoms with E-state index in [1.165, 1.54) is 0 Å². The molecule has 0 atom stereocenters. The van der Waals surface area contributed by atoms with Gasteiger partial charge in [0.05, 0.1) is 0 Å². The molecule has 12 heteroatoms. The molecule has 0 aromatic heterocycles. The maximum atomic E-state index is 9.51. The van der Waals surface area contributed by atoms with E-state index < -0.39 is 20.8 Å². The summed E-state index contributed by atoms with van der Waals surface area (Å²) in [4.78, 5) is 0. The van der Waals surface area contributed by atoms with Crippen LogP contribution in [0.15, 0.2) is 0 Å². The quantitative estimate of drug-likeness (QED) is 0.204. The molecule has 8 nitrogen and oxygen atoms in total. The average molecular weight is 362 g/mol. The van der Waals surface area contributed by atoms with Crippen molar-refractivity contribution in [2.24, 2.45) is 0 Å². The van der Waals surface area contributed by atoms with Crippen LogP contribution in [0.4, 0.5) is 0 Å². The normalized spacial score (nSPS) is 11.2. The van der Waals surface area contributed by atoms with Crippen LogP contribution in [0.5, 0.6) is 0 Å². The Balaban J connectivity index is -0.000000405. The Kier molecular flexibility index (Phi) is 12.1. The van der Waals surface area contributed by atoms with Crippen molar-refractivity contribution >= 4 is 96.2 Å². The second-order valence-corrected chi connectivity index (χ2v) is 2.97. The Labute approximate surface area is 128 Å². The van der Waals surface area contributed by atoms with Gasteiger partial charge in [-0.1, -0.05) is 8.67 Å². The van der Waals surface area contributed by atoms with E-state index in [0.29, 0.717) is 0 Å². The summed E-state index contributed by atoms with van der Waals surface area (Å²) < 4.78 is 58.9. The average Bonchev–Trinajstić information content (AvgIpc) is 1.57. The van der Waals surface area contributed by atoms with E-state index in [2.05, 4.69) is 8.67 Å². The van der Waals surface area contributed by atoms with Gasteiger partial charge >= 0.3 is 72.2 Å². The first kappa shape index (κ1) is 19.6. The van der Waals surface area contributed by atoms with Crippen LogP contribution >= 0.6 is 24.0 Å². The number of halogens is 1. The van der Waals surface area contributed by atoms with Crippen LogP contribution in [0, 0.1) is 0 Å². The third-order valence-electron chi connectivity index (χ3n) is 0.200. The van der Waals surface area contributed by atoms with Gasteiger partial charge in [-0.2, -0.15) is 16.8 Å². The van der Waals surface area contributed by atoms with Gasteiger partial charge in [-0.25, -0.2) is 0 Å². The van der Waals surface area contributed by atoms with Gasteiger partial charge in [0.2, 0.25) is 0 Å². The number of rotatable bonds is 3. The Morgan fingerprint density at radius 2 is 1.00 bits per heavy atom. The molecule has 0 saturated carbocycles. The molecule has 0 unspecified atom stereocenters. The van der Waals surface area contributed by atoms with E-state index in [1.807, 2.05) is 0 Å². The monoisotopic (exact) mass is 362 g/mol. The summed E-state index contributed by atoms with van der Waals surface area (Å²) in [5, 5.41) is 0. The molecule has 2 N–H and O–H groups in total. The minimum absolute atomic E-state index is 0. The third kappa shape index (κ3) is 18.0. The first-order chi connectivity index (χ1) is 4.21. The van der Waals surface area contributed by atoms with Crippen molar-refractivity contribution in [1.29, 1.82) is 0 Å². The molecule has 0 radical (unpaired) electrons. The fraction of sp³-hybridized carbons (Fsp3) is 0. The Morgan fingerprint density at radius 3 is 1.08 bits per heavy atom. The second kappa shape index (κ2) is 7.40. The van der Waals surface area contributed by atoms with Crippen LogP contribution in [-0.4, -0.2) is 77.3 Å². The molecule has 72 valence electrons. The first-order valence-corrected chi connectivity index (χ1v) is 4.26. The van der Waals surface area contributed by atoms with Gasteiger partial charge in [0, 0.05) is 0 Å². The molecule has 0 aliphatic rings. The summed E-state index contributed by atoms with van der Waals surface area (Å²) in [6, 6.07) is 0. The number of hydrogen-bond acceptors (Lipinski definition) is 6. The number of hydrogen-bond donors (Lipinski definition) is 2. The van der Waals surface area contributed by atoms with E-state index in [1.54, 1.807) is 0 Å². The van der Waals surface area contributed by atoms with Gasteiger partial charge in [0.15, 0.2) is 0 Å². The van der Waals surface area contributed by atoms with Crippen LogP contribution in [0.2, 0.25) is 0 Å². The SMILES string of the molecule is I.O=S(=O)(O)OOS(=O)(=O)O.[KH]. The molecule has 0 aromatic carbocycles. The molecule has 0 aliphatic carbocycles. The van der Waals surface area contributed by atoms with Gasteiger partial charge < -0.3 is 0 Å². The van der Waals surface area contributed by atoms with E-state index in [0.717, 1.165) is 0 Å². The summed E-state index contributed by atoms with van der Waals surface area (Å²) in [6.45, 7) is 0. The summed E-state index contributed by atoms with van der Waals surface area (Å²) in [5.74, 6) is 0. The van der Waals surface area contributed by atoms with Gasteiger partial charge in [0.1, 0.15) is 0 Å². The molecule has 0 amide bonds. The molecule has 0 rings (SSSR count). The van der Waals surface area contributed by atoms with Crippen LogP contribution < -0.4 is 0 Å². The predicted octanol–water partition coefficient (Wildman–Crippen LogP) is -1.49. The van der Waals surface area contributed by atoms with Crippen LogP contribution in [0.25, 0.3) is 0 Å². The molecular weight excluding hydrogens is 358 g/mol. The van der Waals surface area contributed by atoms with Crippen molar-refractivity contribution in [2.45, 2.75) is 0 Å². The Hall–Kier alpha value is 2.11. The molecule has 12 heavy (non-hydrogen) atoms. The molecule has 0 bridgehead atoms. The molecule has 0 aliphatic heterocycles. The summed E-state index contributed by atoms with van der Waals surface area (Å²) in [6.07, 6.45) is 0. The van der Waals surface area contributed by atoms with Crippen molar-refractivity contribution in [3.63, 3.8) is 0 Å². The zero-order valence-electron chi connectivity index (χ0n) is 4.57. The topological polar surface area (TPSA) is 127 Å². The van der Waals surface area contributed by atoms with Gasteiger partial charge in [-0.3, -0.25) is 9.11 Å². The van der Waals surface area contributed by atoms with E-state index in [-0.39, 0.29) is 75.4 Å². The van der Waals surface area contributed by atoms with Gasteiger partial charge in [0.25, 0.3) is 0 Å². The van der Waals surface area contributed by atoms with E-state index in [4.69, 9.17) is 9.11 Å². The third-order valence-corrected chi connectivity index (χ3v) is 0.766. The molecule has 0 heterocycles. The molecule has 0 fully saturated rings. The molecule has 0 spiro atoms. The standard InChI is InChI=1S/HI.K.H2O8S2.H/c;;1-9(2,3)7-8-10(4,5)6;/h1H;;(H,1,2,3)(H,4,5,6);. The van der Waals surface area contributed by atoms with E-state index >= 15 is 0 Å². The first-order valence-electron chi connectivity index (χ1n) is 1.53. The van der Waals surface area contributed by atoms with Crippen molar-refractivity contribution in [3.05, 3.63) is 0 Å². The molecular formula is H4IKO8S2. The van der Waals surface area contributed by atoms with E-state index in [9.17, 15) is 16.8 Å². The fourth-order valence-corrected chi connectivity index (χ4v) is 0.632. The predicted molar refractivity (Wildman–Crippen MR) is 47.8 cm³/mol. The maximum absolute atomic E-state index is 9.51. The van der Waals surface area contributed by atoms with Crippen LogP contribution in [-0.2, 0) is 29.5 Å². The zero-order valence-corrected chi connectivity index (χ0v) is 8.53. The van der Waals surface area contributed by atoms with Crippen molar-refractivity contribution in [3.8, 4) is 0 Å².